The molecule has 1 fully saturated rings. The predicted octanol–water partition coefficient (Wildman–Crippen LogP) is 4.74. The van der Waals surface area contributed by atoms with Crippen LogP contribution in [0.25, 0.3) is 10.9 Å². The molecule has 4 rings (SSSR count). The lowest BCUT2D eigenvalue weighted by Crippen LogP contribution is -2.32. The highest BCUT2D eigenvalue weighted by molar-refractivity contribution is 7.09. The Kier molecular flexibility index (Phi) is 4.39. The van der Waals surface area contributed by atoms with Crippen LogP contribution in [0.1, 0.15) is 36.1 Å². The van der Waals surface area contributed by atoms with Crippen molar-refractivity contribution in [2.45, 2.75) is 44.7 Å². The Bertz CT molecular complexity index is 817. The summed E-state index contributed by atoms with van der Waals surface area (Å²) in [7, 11) is 0. The molecule has 2 aromatic heterocycles. The molecule has 3 nitrogen and oxygen atoms in total. The predicted molar refractivity (Wildman–Crippen MR) is 99.1 cm³/mol. The van der Waals surface area contributed by atoms with Gasteiger partial charge in [-0.2, -0.15) is 0 Å². The van der Waals surface area contributed by atoms with Crippen molar-refractivity contribution in [2.24, 2.45) is 0 Å². The number of fused-ring (bicyclic) bond motifs is 1. The van der Waals surface area contributed by atoms with Crippen molar-refractivity contribution in [3.05, 3.63) is 58.4 Å². The highest BCUT2D eigenvalue weighted by Crippen LogP contribution is 2.30. The Morgan fingerprint density at radius 2 is 2.08 bits per heavy atom. The third-order valence-corrected chi connectivity index (χ3v) is 5.59. The van der Waals surface area contributed by atoms with Gasteiger partial charge in [0.25, 0.3) is 0 Å². The maximum absolute atomic E-state index is 12.7. The summed E-state index contributed by atoms with van der Waals surface area (Å²) in [6.45, 7) is 0.786. The van der Waals surface area contributed by atoms with Crippen LogP contribution in [0, 0.1) is 0 Å². The number of H-pyrrole nitrogens is 1. The summed E-state index contributed by atoms with van der Waals surface area (Å²) < 4.78 is 0. The van der Waals surface area contributed by atoms with Crippen molar-refractivity contribution in [3.8, 4) is 0 Å². The standard InChI is InChI=1S/C20H22N2OS/c23-20(22(16-10-11-16)14-17-6-4-12-24-17)9-3-5-15-13-21-19-8-2-1-7-18(15)19/h1-2,4,6-8,12-13,16,21H,3,5,9-11,14H2. The molecule has 3 aromatic rings. The summed E-state index contributed by atoms with van der Waals surface area (Å²) in [4.78, 5) is 19.4. The van der Waals surface area contributed by atoms with E-state index in [9.17, 15) is 4.79 Å². The molecule has 1 N–H and O–H groups in total. The summed E-state index contributed by atoms with van der Waals surface area (Å²) in [6.07, 6.45) is 6.92. The molecule has 0 radical (unpaired) electrons. The Morgan fingerprint density at radius 3 is 2.88 bits per heavy atom. The molecule has 24 heavy (non-hydrogen) atoms. The summed E-state index contributed by atoms with van der Waals surface area (Å²) in [5.41, 5.74) is 2.49. The zero-order chi connectivity index (χ0) is 16.4. The number of thiophene rings is 1. The smallest absolute Gasteiger partial charge is 0.223 e. The largest absolute Gasteiger partial charge is 0.361 e. The second kappa shape index (κ2) is 6.81. The van der Waals surface area contributed by atoms with Gasteiger partial charge in [-0.15, -0.1) is 11.3 Å². The SMILES string of the molecule is O=C(CCCc1c[nH]c2ccccc12)N(Cc1cccs1)C1CC1. The second-order valence-electron chi connectivity index (χ2n) is 6.55. The number of rotatable bonds is 7. The number of amides is 1. The lowest BCUT2D eigenvalue weighted by molar-refractivity contribution is -0.132. The summed E-state index contributed by atoms with van der Waals surface area (Å²) in [5.74, 6) is 0.311. The van der Waals surface area contributed by atoms with Gasteiger partial charge >= 0.3 is 0 Å². The van der Waals surface area contributed by atoms with Crippen LogP contribution in [0.4, 0.5) is 0 Å². The molecular formula is C20H22N2OS. The highest BCUT2D eigenvalue weighted by atomic mass is 32.1. The van der Waals surface area contributed by atoms with E-state index < -0.39 is 0 Å². The average molecular weight is 338 g/mol. The van der Waals surface area contributed by atoms with Gasteiger partial charge in [-0.3, -0.25) is 4.79 Å². The number of aromatic amines is 1. The topological polar surface area (TPSA) is 36.1 Å². The minimum Gasteiger partial charge on any atom is -0.361 e. The van der Waals surface area contributed by atoms with Crippen LogP contribution in [0.2, 0.25) is 0 Å². The Balaban J connectivity index is 1.35. The van der Waals surface area contributed by atoms with E-state index in [2.05, 4.69) is 51.8 Å². The number of carbonyl (C=O) groups is 1. The highest BCUT2D eigenvalue weighted by Gasteiger charge is 2.32. The van der Waals surface area contributed by atoms with E-state index in [1.54, 1.807) is 11.3 Å². The van der Waals surface area contributed by atoms with Crippen LogP contribution in [0.15, 0.2) is 48.0 Å². The zero-order valence-corrected chi connectivity index (χ0v) is 14.5. The van der Waals surface area contributed by atoms with Crippen LogP contribution < -0.4 is 0 Å². The van der Waals surface area contributed by atoms with Crippen LogP contribution >= 0.6 is 11.3 Å². The molecule has 1 aliphatic rings. The normalized spacial score (nSPS) is 14.2. The van der Waals surface area contributed by atoms with Gasteiger partial charge in [0, 0.05) is 34.4 Å². The van der Waals surface area contributed by atoms with Gasteiger partial charge in [-0.05, 0) is 48.8 Å². The number of aryl methyl sites for hydroxylation is 1. The first-order chi connectivity index (χ1) is 11.8. The van der Waals surface area contributed by atoms with Gasteiger partial charge < -0.3 is 9.88 Å². The number of hydrogen-bond donors (Lipinski definition) is 1. The zero-order valence-electron chi connectivity index (χ0n) is 13.7. The number of nitrogens with zero attached hydrogens (tertiary/aromatic N) is 1. The van der Waals surface area contributed by atoms with Crippen molar-refractivity contribution in [3.63, 3.8) is 0 Å². The van der Waals surface area contributed by atoms with Gasteiger partial charge in [0.2, 0.25) is 5.91 Å². The molecule has 0 unspecified atom stereocenters. The number of nitrogens with one attached hydrogen (secondary N) is 1. The summed E-state index contributed by atoms with van der Waals surface area (Å²) >= 11 is 1.74. The maximum atomic E-state index is 12.7. The van der Waals surface area contributed by atoms with Gasteiger partial charge in [0.1, 0.15) is 0 Å². The van der Waals surface area contributed by atoms with E-state index in [4.69, 9.17) is 0 Å². The van der Waals surface area contributed by atoms with Gasteiger partial charge in [-0.1, -0.05) is 24.3 Å². The van der Waals surface area contributed by atoms with Gasteiger partial charge in [-0.25, -0.2) is 0 Å². The van der Waals surface area contributed by atoms with Gasteiger partial charge in [0.15, 0.2) is 0 Å². The minimum absolute atomic E-state index is 0.311. The van der Waals surface area contributed by atoms with Crippen molar-refractivity contribution in [1.82, 2.24) is 9.88 Å². The molecule has 0 atom stereocenters. The lowest BCUT2D eigenvalue weighted by atomic mass is 10.1. The minimum atomic E-state index is 0.311. The van der Waals surface area contributed by atoms with E-state index in [1.807, 2.05) is 6.07 Å². The average Bonchev–Trinajstić information content (AvgIpc) is 3.15. The molecule has 2 heterocycles. The summed E-state index contributed by atoms with van der Waals surface area (Å²) in [5, 5.41) is 3.37. The van der Waals surface area contributed by atoms with E-state index in [-0.39, 0.29) is 0 Å². The fourth-order valence-corrected chi connectivity index (χ4v) is 3.99. The first-order valence-corrected chi connectivity index (χ1v) is 9.56. The number of para-hydroxylation sites is 1. The van der Waals surface area contributed by atoms with Crippen molar-refractivity contribution in [2.75, 3.05) is 0 Å². The van der Waals surface area contributed by atoms with E-state index in [1.165, 1.54) is 34.2 Å². The Morgan fingerprint density at radius 1 is 1.21 bits per heavy atom. The molecule has 1 aromatic carbocycles. The quantitative estimate of drug-likeness (QED) is 0.663. The van der Waals surface area contributed by atoms with Crippen LogP contribution in [0.3, 0.4) is 0 Å². The molecule has 1 saturated carbocycles. The Labute approximate surface area is 146 Å². The number of benzene rings is 1. The molecule has 1 amide bonds. The molecule has 0 saturated heterocycles. The number of aromatic nitrogens is 1. The monoisotopic (exact) mass is 338 g/mol. The molecule has 1 aliphatic carbocycles. The van der Waals surface area contributed by atoms with E-state index >= 15 is 0 Å². The first kappa shape index (κ1) is 15.5. The molecule has 0 bridgehead atoms. The van der Waals surface area contributed by atoms with Crippen LogP contribution in [-0.4, -0.2) is 21.8 Å². The summed E-state index contributed by atoms with van der Waals surface area (Å²) in [6, 6.07) is 13.0. The third kappa shape index (κ3) is 3.39. The fourth-order valence-electron chi connectivity index (χ4n) is 3.29. The molecule has 4 heteroatoms. The molecular weight excluding hydrogens is 316 g/mol. The number of hydrogen-bond acceptors (Lipinski definition) is 2. The molecule has 0 spiro atoms. The molecule has 124 valence electrons. The van der Waals surface area contributed by atoms with Crippen molar-refractivity contribution >= 4 is 28.1 Å². The van der Waals surface area contributed by atoms with Crippen molar-refractivity contribution in [1.29, 1.82) is 0 Å². The van der Waals surface area contributed by atoms with Gasteiger partial charge in [0.05, 0.1) is 6.54 Å². The maximum Gasteiger partial charge on any atom is 0.223 e. The molecule has 0 aliphatic heterocycles. The number of carbonyl (C=O) groups excluding carboxylic acids is 1. The fraction of sp³-hybridized carbons (Fsp3) is 0.350. The van der Waals surface area contributed by atoms with Crippen molar-refractivity contribution < 1.29 is 4.79 Å². The Hall–Kier alpha value is -2.07. The van der Waals surface area contributed by atoms with E-state index in [0.29, 0.717) is 18.4 Å². The van der Waals surface area contributed by atoms with Crippen LogP contribution in [0.5, 0.6) is 0 Å². The van der Waals surface area contributed by atoms with Crippen LogP contribution in [-0.2, 0) is 17.8 Å². The third-order valence-electron chi connectivity index (χ3n) is 4.73. The second-order valence-corrected chi connectivity index (χ2v) is 7.58. The van der Waals surface area contributed by atoms with E-state index in [0.717, 1.165) is 19.4 Å². The first-order valence-electron chi connectivity index (χ1n) is 8.68. The lowest BCUT2D eigenvalue weighted by Gasteiger charge is -2.21.